The Hall–Kier alpha value is -2.24. The van der Waals surface area contributed by atoms with Crippen LogP contribution in [0.3, 0.4) is 0 Å². The second-order valence-corrected chi connectivity index (χ2v) is 7.32. The summed E-state index contributed by atoms with van der Waals surface area (Å²) in [5.41, 5.74) is 2.25. The molecule has 0 spiro atoms. The smallest absolute Gasteiger partial charge is 0.266 e. The van der Waals surface area contributed by atoms with E-state index in [1.54, 1.807) is 4.57 Å². The first-order valence-electron chi connectivity index (χ1n) is 7.68. The summed E-state index contributed by atoms with van der Waals surface area (Å²) in [5, 5.41) is 0.598. The van der Waals surface area contributed by atoms with Crippen LogP contribution >= 0.6 is 31.9 Å². The number of nitrogens with zero attached hydrogens (tertiary/aromatic N) is 2. The number of fused-ring (bicyclic) bond motifs is 1. The maximum Gasteiger partial charge on any atom is 0.266 e. The van der Waals surface area contributed by atoms with Crippen molar-refractivity contribution in [2.24, 2.45) is 0 Å². The normalized spacial score (nSPS) is 11.0. The van der Waals surface area contributed by atoms with Crippen molar-refractivity contribution in [1.29, 1.82) is 0 Å². The van der Waals surface area contributed by atoms with Crippen LogP contribution in [0.5, 0.6) is 0 Å². The molecule has 0 atom stereocenters. The first-order chi connectivity index (χ1) is 12.1. The summed E-state index contributed by atoms with van der Waals surface area (Å²) in [6.45, 7) is 0. The zero-order valence-corrected chi connectivity index (χ0v) is 16.2. The molecule has 0 fully saturated rings. The second-order valence-electron chi connectivity index (χ2n) is 5.55. The van der Waals surface area contributed by atoms with Gasteiger partial charge in [0.1, 0.15) is 5.82 Å². The molecule has 5 heteroatoms. The molecule has 3 nitrogen and oxygen atoms in total. The fourth-order valence-corrected chi connectivity index (χ4v) is 3.51. The molecule has 0 saturated heterocycles. The number of rotatable bonds is 2. The Morgan fingerprint density at radius 2 is 1.48 bits per heavy atom. The van der Waals surface area contributed by atoms with E-state index in [4.69, 9.17) is 4.98 Å². The molecule has 3 aromatic carbocycles. The Bertz CT molecular complexity index is 1130. The number of benzene rings is 3. The van der Waals surface area contributed by atoms with Crippen molar-refractivity contribution >= 4 is 42.8 Å². The van der Waals surface area contributed by atoms with Crippen LogP contribution in [-0.4, -0.2) is 9.55 Å². The largest absolute Gasteiger partial charge is 0.268 e. The van der Waals surface area contributed by atoms with Crippen LogP contribution in [0.2, 0.25) is 0 Å². The van der Waals surface area contributed by atoms with Gasteiger partial charge in [-0.1, -0.05) is 62.2 Å². The minimum Gasteiger partial charge on any atom is -0.268 e. The van der Waals surface area contributed by atoms with Gasteiger partial charge in [-0.2, -0.15) is 0 Å². The molecule has 1 heterocycles. The Morgan fingerprint density at radius 3 is 2.24 bits per heavy atom. The van der Waals surface area contributed by atoms with Crippen molar-refractivity contribution in [3.63, 3.8) is 0 Å². The van der Waals surface area contributed by atoms with E-state index in [-0.39, 0.29) is 5.56 Å². The third-order valence-electron chi connectivity index (χ3n) is 3.98. The molecule has 0 radical (unpaired) electrons. The predicted molar refractivity (Wildman–Crippen MR) is 108 cm³/mol. The SMILES string of the molecule is O=c1c2ccccc2nc(-c2ccccc2Br)n1-c1ccc(Br)cc1. The van der Waals surface area contributed by atoms with Crippen LogP contribution in [0, 0.1) is 0 Å². The van der Waals surface area contributed by atoms with Gasteiger partial charge in [0.15, 0.2) is 0 Å². The molecule has 0 amide bonds. The third kappa shape index (κ3) is 2.94. The minimum atomic E-state index is -0.0846. The summed E-state index contributed by atoms with van der Waals surface area (Å²) in [6.07, 6.45) is 0. The molecule has 4 rings (SSSR count). The van der Waals surface area contributed by atoms with E-state index >= 15 is 0 Å². The van der Waals surface area contributed by atoms with E-state index in [0.29, 0.717) is 16.7 Å². The van der Waals surface area contributed by atoms with Crippen molar-refractivity contribution < 1.29 is 0 Å². The molecular weight excluding hydrogens is 444 g/mol. The first kappa shape index (κ1) is 16.2. The molecular formula is C20H12Br2N2O. The summed E-state index contributed by atoms with van der Waals surface area (Å²) in [5.74, 6) is 0.610. The van der Waals surface area contributed by atoms with Crippen molar-refractivity contribution in [2.45, 2.75) is 0 Å². The lowest BCUT2D eigenvalue weighted by Gasteiger charge is -2.15. The van der Waals surface area contributed by atoms with Gasteiger partial charge in [-0.3, -0.25) is 9.36 Å². The van der Waals surface area contributed by atoms with Gasteiger partial charge in [-0.25, -0.2) is 4.98 Å². The minimum absolute atomic E-state index is 0.0846. The summed E-state index contributed by atoms with van der Waals surface area (Å²) >= 11 is 7.02. The van der Waals surface area contributed by atoms with Gasteiger partial charge in [-0.05, 0) is 42.5 Å². The molecule has 0 bridgehead atoms. The van der Waals surface area contributed by atoms with Crippen LogP contribution in [-0.2, 0) is 0 Å². The molecule has 0 aliphatic rings. The Balaban J connectivity index is 2.13. The third-order valence-corrected chi connectivity index (χ3v) is 5.20. The highest BCUT2D eigenvalue weighted by atomic mass is 79.9. The van der Waals surface area contributed by atoms with Gasteiger partial charge in [0.25, 0.3) is 5.56 Å². The fourth-order valence-electron chi connectivity index (χ4n) is 2.79. The predicted octanol–water partition coefficient (Wildman–Crippen LogP) is 5.58. The van der Waals surface area contributed by atoms with E-state index in [0.717, 1.165) is 20.2 Å². The number of aromatic nitrogens is 2. The standard InChI is InChI=1S/C20H12Br2N2O/c21-13-9-11-14(12-10-13)24-19(15-5-1-3-7-17(15)22)23-18-8-4-2-6-16(18)20(24)25/h1-12H. The van der Waals surface area contributed by atoms with Crippen molar-refractivity contribution in [3.05, 3.63) is 92.1 Å². The van der Waals surface area contributed by atoms with E-state index in [1.165, 1.54) is 0 Å². The molecule has 0 unspecified atom stereocenters. The van der Waals surface area contributed by atoms with Gasteiger partial charge >= 0.3 is 0 Å². The van der Waals surface area contributed by atoms with Crippen molar-refractivity contribution in [2.75, 3.05) is 0 Å². The summed E-state index contributed by atoms with van der Waals surface area (Å²) in [6, 6.07) is 22.8. The van der Waals surface area contributed by atoms with Crippen molar-refractivity contribution in [1.82, 2.24) is 9.55 Å². The number of halogens is 2. The average Bonchev–Trinajstić information content (AvgIpc) is 2.63. The van der Waals surface area contributed by atoms with Crippen LogP contribution in [0.4, 0.5) is 0 Å². The van der Waals surface area contributed by atoms with Gasteiger partial charge in [-0.15, -0.1) is 0 Å². The average molecular weight is 456 g/mol. The molecule has 0 N–H and O–H groups in total. The zero-order valence-electron chi connectivity index (χ0n) is 13.0. The Morgan fingerprint density at radius 1 is 0.800 bits per heavy atom. The van der Waals surface area contributed by atoms with E-state index in [2.05, 4.69) is 31.9 Å². The molecule has 0 aliphatic heterocycles. The summed E-state index contributed by atoms with van der Waals surface area (Å²) < 4.78 is 3.51. The first-order valence-corrected chi connectivity index (χ1v) is 9.26. The van der Waals surface area contributed by atoms with Crippen LogP contribution < -0.4 is 5.56 Å². The van der Waals surface area contributed by atoms with Gasteiger partial charge in [0, 0.05) is 14.5 Å². The van der Waals surface area contributed by atoms with E-state index < -0.39 is 0 Å². The lowest BCUT2D eigenvalue weighted by atomic mass is 10.1. The second kappa shape index (κ2) is 6.58. The van der Waals surface area contributed by atoms with Gasteiger partial charge < -0.3 is 0 Å². The maximum absolute atomic E-state index is 13.2. The maximum atomic E-state index is 13.2. The molecule has 122 valence electrons. The highest BCUT2D eigenvalue weighted by Gasteiger charge is 2.15. The highest BCUT2D eigenvalue weighted by Crippen LogP contribution is 2.29. The van der Waals surface area contributed by atoms with Crippen LogP contribution in [0.25, 0.3) is 28.0 Å². The highest BCUT2D eigenvalue weighted by molar-refractivity contribution is 9.10. The van der Waals surface area contributed by atoms with Crippen LogP contribution in [0.15, 0.2) is 86.5 Å². The van der Waals surface area contributed by atoms with Gasteiger partial charge in [0.05, 0.1) is 16.6 Å². The Kier molecular flexibility index (Phi) is 4.27. The summed E-state index contributed by atoms with van der Waals surface area (Å²) in [7, 11) is 0. The topological polar surface area (TPSA) is 34.9 Å². The van der Waals surface area contributed by atoms with Crippen LogP contribution in [0.1, 0.15) is 0 Å². The van der Waals surface area contributed by atoms with Crippen molar-refractivity contribution in [3.8, 4) is 17.1 Å². The zero-order chi connectivity index (χ0) is 17.4. The molecule has 0 aliphatic carbocycles. The fraction of sp³-hybridized carbons (Fsp3) is 0. The lowest BCUT2D eigenvalue weighted by molar-refractivity contribution is 0.974. The summed E-state index contributed by atoms with van der Waals surface area (Å²) in [4.78, 5) is 18.0. The van der Waals surface area contributed by atoms with Gasteiger partial charge in [0.2, 0.25) is 0 Å². The number of para-hydroxylation sites is 1. The molecule has 1 aromatic heterocycles. The monoisotopic (exact) mass is 454 g/mol. The lowest BCUT2D eigenvalue weighted by Crippen LogP contribution is -2.22. The molecule has 4 aromatic rings. The quantitative estimate of drug-likeness (QED) is 0.395. The number of hydrogen-bond donors (Lipinski definition) is 0. The van der Waals surface area contributed by atoms with E-state index in [1.807, 2.05) is 72.8 Å². The Labute approximate surface area is 161 Å². The van der Waals surface area contributed by atoms with E-state index in [9.17, 15) is 4.79 Å². The molecule has 25 heavy (non-hydrogen) atoms. The number of hydrogen-bond acceptors (Lipinski definition) is 2. The molecule has 0 saturated carbocycles.